The lowest BCUT2D eigenvalue weighted by molar-refractivity contribution is 0.420. The van der Waals surface area contributed by atoms with Gasteiger partial charge in [-0.2, -0.15) is 0 Å². The van der Waals surface area contributed by atoms with Gasteiger partial charge < -0.3 is 5.73 Å². The van der Waals surface area contributed by atoms with E-state index in [4.69, 9.17) is 5.73 Å². The molecular weight excluding hydrogens is 242 g/mol. The molecule has 0 amide bonds. The van der Waals surface area contributed by atoms with Crippen molar-refractivity contribution < 1.29 is 0 Å². The van der Waals surface area contributed by atoms with E-state index in [0.29, 0.717) is 0 Å². The molecular formula is C19H21N. The Labute approximate surface area is 120 Å². The van der Waals surface area contributed by atoms with Crippen molar-refractivity contribution in [2.75, 3.05) is 0 Å². The quantitative estimate of drug-likeness (QED) is 0.844. The zero-order chi connectivity index (χ0) is 13.5. The number of fused-ring (bicyclic) bond motifs is 1. The van der Waals surface area contributed by atoms with Crippen LogP contribution in [0.5, 0.6) is 0 Å². The highest BCUT2D eigenvalue weighted by atomic mass is 14.6. The Morgan fingerprint density at radius 2 is 1.55 bits per heavy atom. The summed E-state index contributed by atoms with van der Waals surface area (Å²) in [5, 5.41) is 0. The van der Waals surface area contributed by atoms with E-state index < -0.39 is 0 Å². The lowest BCUT2D eigenvalue weighted by Gasteiger charge is -2.28. The summed E-state index contributed by atoms with van der Waals surface area (Å²) in [7, 11) is 0. The van der Waals surface area contributed by atoms with Crippen LogP contribution in [0.2, 0.25) is 0 Å². The maximum Gasteiger partial charge on any atom is 0.0300 e. The molecule has 0 saturated heterocycles. The SMILES string of the molecule is NC1CCc2c(-c3ccccc3C3CCC3)cccc21. The number of nitrogens with two attached hydrogens (primary N) is 1. The smallest absolute Gasteiger partial charge is 0.0300 e. The number of hydrogen-bond acceptors (Lipinski definition) is 1. The predicted octanol–water partition coefficient (Wildman–Crippen LogP) is 4.57. The van der Waals surface area contributed by atoms with Gasteiger partial charge in [-0.05, 0) is 59.4 Å². The van der Waals surface area contributed by atoms with Gasteiger partial charge in [0, 0.05) is 6.04 Å². The highest BCUT2D eigenvalue weighted by Gasteiger charge is 2.26. The number of benzene rings is 2. The van der Waals surface area contributed by atoms with Gasteiger partial charge >= 0.3 is 0 Å². The first-order valence-corrected chi connectivity index (χ1v) is 7.81. The highest BCUT2D eigenvalue weighted by molar-refractivity contribution is 5.73. The van der Waals surface area contributed by atoms with Gasteiger partial charge in [0.1, 0.15) is 0 Å². The van der Waals surface area contributed by atoms with Crippen molar-refractivity contribution in [1.29, 1.82) is 0 Å². The highest BCUT2D eigenvalue weighted by Crippen LogP contribution is 2.43. The van der Waals surface area contributed by atoms with Crippen molar-refractivity contribution in [3.63, 3.8) is 0 Å². The lowest BCUT2D eigenvalue weighted by Crippen LogP contribution is -2.10. The standard InChI is InChI=1S/C19H21N/c20-19-12-11-17-16(9-4-10-18(17)19)15-8-2-1-7-14(15)13-5-3-6-13/h1-2,4,7-10,13,19H,3,5-6,11-12,20H2. The Hall–Kier alpha value is -1.60. The summed E-state index contributed by atoms with van der Waals surface area (Å²) in [6.07, 6.45) is 6.32. The summed E-state index contributed by atoms with van der Waals surface area (Å²) < 4.78 is 0. The lowest BCUT2D eigenvalue weighted by atomic mass is 9.76. The molecule has 2 aliphatic rings. The monoisotopic (exact) mass is 263 g/mol. The van der Waals surface area contributed by atoms with E-state index >= 15 is 0 Å². The Morgan fingerprint density at radius 3 is 2.35 bits per heavy atom. The van der Waals surface area contributed by atoms with E-state index in [1.54, 1.807) is 5.56 Å². The zero-order valence-corrected chi connectivity index (χ0v) is 11.8. The van der Waals surface area contributed by atoms with Gasteiger partial charge in [0.15, 0.2) is 0 Å². The first-order valence-electron chi connectivity index (χ1n) is 7.81. The molecule has 102 valence electrons. The second kappa shape index (κ2) is 4.75. The molecule has 2 N–H and O–H groups in total. The molecule has 4 rings (SSSR count). The van der Waals surface area contributed by atoms with Crippen LogP contribution >= 0.6 is 0 Å². The maximum atomic E-state index is 6.23. The third kappa shape index (κ3) is 1.81. The van der Waals surface area contributed by atoms with E-state index in [1.807, 2.05) is 0 Å². The Bertz CT molecular complexity index is 640. The summed E-state index contributed by atoms with van der Waals surface area (Å²) in [6, 6.07) is 15.9. The van der Waals surface area contributed by atoms with Crippen LogP contribution in [-0.4, -0.2) is 0 Å². The summed E-state index contributed by atoms with van der Waals surface area (Å²) in [4.78, 5) is 0. The second-order valence-corrected chi connectivity index (χ2v) is 6.23. The minimum absolute atomic E-state index is 0.237. The second-order valence-electron chi connectivity index (χ2n) is 6.23. The molecule has 0 heterocycles. The molecule has 0 spiro atoms. The molecule has 20 heavy (non-hydrogen) atoms. The molecule has 0 bridgehead atoms. The summed E-state index contributed by atoms with van der Waals surface area (Å²) in [6.45, 7) is 0. The van der Waals surface area contributed by atoms with Crippen molar-refractivity contribution >= 4 is 0 Å². The van der Waals surface area contributed by atoms with E-state index in [-0.39, 0.29) is 6.04 Å². The molecule has 2 aliphatic carbocycles. The van der Waals surface area contributed by atoms with Gasteiger partial charge in [-0.25, -0.2) is 0 Å². The molecule has 1 saturated carbocycles. The van der Waals surface area contributed by atoms with Gasteiger partial charge in [-0.15, -0.1) is 0 Å². The van der Waals surface area contributed by atoms with Gasteiger partial charge in [0.05, 0.1) is 0 Å². The van der Waals surface area contributed by atoms with Crippen LogP contribution in [0.3, 0.4) is 0 Å². The third-order valence-electron chi connectivity index (χ3n) is 5.11. The van der Waals surface area contributed by atoms with Gasteiger partial charge in [0.25, 0.3) is 0 Å². The molecule has 2 aromatic rings. The first kappa shape index (κ1) is 12.2. The van der Waals surface area contributed by atoms with Crippen LogP contribution in [-0.2, 0) is 6.42 Å². The molecule has 1 unspecified atom stereocenters. The molecule has 0 radical (unpaired) electrons. The van der Waals surface area contributed by atoms with Crippen LogP contribution in [0.15, 0.2) is 42.5 Å². The van der Waals surface area contributed by atoms with Crippen LogP contribution in [0, 0.1) is 0 Å². The largest absolute Gasteiger partial charge is 0.324 e. The zero-order valence-electron chi connectivity index (χ0n) is 11.8. The van der Waals surface area contributed by atoms with Crippen molar-refractivity contribution in [2.45, 2.75) is 44.1 Å². The topological polar surface area (TPSA) is 26.0 Å². The maximum absolute atomic E-state index is 6.23. The van der Waals surface area contributed by atoms with Crippen LogP contribution in [0.4, 0.5) is 0 Å². The normalized spacial score (nSPS) is 21.6. The van der Waals surface area contributed by atoms with Gasteiger partial charge in [-0.3, -0.25) is 0 Å². The Kier molecular flexibility index (Phi) is 2.89. The molecule has 2 aromatic carbocycles. The number of hydrogen-bond donors (Lipinski definition) is 1. The fourth-order valence-corrected chi connectivity index (χ4v) is 3.76. The average molecular weight is 263 g/mol. The Morgan fingerprint density at radius 1 is 0.800 bits per heavy atom. The summed E-state index contributed by atoms with van der Waals surface area (Å²) in [5.74, 6) is 0.775. The molecule has 1 heteroatoms. The van der Waals surface area contributed by atoms with Crippen molar-refractivity contribution in [3.05, 3.63) is 59.2 Å². The molecule has 0 aliphatic heterocycles. The van der Waals surface area contributed by atoms with Crippen LogP contribution < -0.4 is 5.73 Å². The Balaban J connectivity index is 1.86. The van der Waals surface area contributed by atoms with Crippen LogP contribution in [0.1, 0.15) is 54.3 Å². The molecule has 1 nitrogen and oxygen atoms in total. The average Bonchev–Trinajstić information content (AvgIpc) is 2.80. The molecule has 1 fully saturated rings. The molecule has 1 atom stereocenters. The fraction of sp³-hybridized carbons (Fsp3) is 0.368. The van der Waals surface area contributed by atoms with E-state index in [0.717, 1.165) is 18.8 Å². The fourth-order valence-electron chi connectivity index (χ4n) is 3.76. The molecule has 0 aromatic heterocycles. The van der Waals surface area contributed by atoms with Crippen molar-refractivity contribution in [1.82, 2.24) is 0 Å². The van der Waals surface area contributed by atoms with Crippen molar-refractivity contribution in [2.24, 2.45) is 5.73 Å². The van der Waals surface area contributed by atoms with Crippen LogP contribution in [0.25, 0.3) is 11.1 Å². The van der Waals surface area contributed by atoms with E-state index in [9.17, 15) is 0 Å². The summed E-state index contributed by atoms with van der Waals surface area (Å²) in [5.41, 5.74) is 13.5. The predicted molar refractivity (Wildman–Crippen MR) is 83.7 cm³/mol. The third-order valence-corrected chi connectivity index (χ3v) is 5.11. The van der Waals surface area contributed by atoms with E-state index in [2.05, 4.69) is 42.5 Å². The van der Waals surface area contributed by atoms with Gasteiger partial charge in [-0.1, -0.05) is 48.9 Å². The minimum Gasteiger partial charge on any atom is -0.324 e. The first-order chi connectivity index (χ1) is 9.84. The van der Waals surface area contributed by atoms with Crippen molar-refractivity contribution in [3.8, 4) is 11.1 Å². The van der Waals surface area contributed by atoms with Gasteiger partial charge in [0.2, 0.25) is 0 Å². The number of rotatable bonds is 2. The minimum atomic E-state index is 0.237. The summed E-state index contributed by atoms with van der Waals surface area (Å²) >= 11 is 0. The van der Waals surface area contributed by atoms with E-state index in [1.165, 1.54) is 41.5 Å².